The van der Waals surface area contributed by atoms with Gasteiger partial charge in [-0.1, -0.05) is 60.7 Å². The van der Waals surface area contributed by atoms with Crippen LogP contribution < -0.4 is 5.32 Å². The molecule has 1 aromatic heterocycles. The zero-order chi connectivity index (χ0) is 20.6. The summed E-state index contributed by atoms with van der Waals surface area (Å²) < 4.78 is 0. The summed E-state index contributed by atoms with van der Waals surface area (Å²) in [4.78, 5) is 19.5. The highest BCUT2D eigenvalue weighted by atomic mass is 32.1. The van der Waals surface area contributed by atoms with Crippen molar-refractivity contribution < 1.29 is 4.79 Å². The van der Waals surface area contributed by atoms with Crippen molar-refractivity contribution in [3.8, 4) is 0 Å². The molecule has 5 heteroatoms. The van der Waals surface area contributed by atoms with Crippen LogP contribution in [0.1, 0.15) is 41.4 Å². The lowest BCUT2D eigenvalue weighted by atomic mass is 9.90. The number of aromatic nitrogens is 1. The predicted octanol–water partition coefficient (Wildman–Crippen LogP) is 4.69. The minimum absolute atomic E-state index is 0.0711. The second-order valence-corrected chi connectivity index (χ2v) is 8.95. The van der Waals surface area contributed by atoms with Crippen LogP contribution in [-0.2, 0) is 11.2 Å². The molecule has 1 atom stereocenters. The van der Waals surface area contributed by atoms with Gasteiger partial charge in [0, 0.05) is 11.6 Å². The summed E-state index contributed by atoms with van der Waals surface area (Å²) in [5.41, 5.74) is 2.49. The summed E-state index contributed by atoms with van der Waals surface area (Å²) in [5.74, 6) is 0.832. The standard InChI is InChI=1S/C25H29N3OS/c29-23(27-24(25-26-15-18-30-25)22-9-5-2-6-10-22)19-28-16-13-21(14-17-28)12-11-20-7-3-1-4-8-20/h1-10,15,18,21,24H,11-14,16-17,19H2,(H,27,29). The molecule has 30 heavy (non-hydrogen) atoms. The third-order valence-corrected chi connectivity index (χ3v) is 6.74. The zero-order valence-electron chi connectivity index (χ0n) is 17.2. The highest BCUT2D eigenvalue weighted by Crippen LogP contribution is 2.25. The average Bonchev–Trinajstić information content (AvgIpc) is 3.33. The first-order valence-corrected chi connectivity index (χ1v) is 11.7. The van der Waals surface area contributed by atoms with Gasteiger partial charge in [0.1, 0.15) is 11.0 Å². The molecule has 3 aromatic rings. The molecule has 1 N–H and O–H groups in total. The fourth-order valence-corrected chi connectivity index (χ4v) is 4.88. The van der Waals surface area contributed by atoms with Crippen LogP contribution in [0, 0.1) is 5.92 Å². The molecule has 1 saturated heterocycles. The van der Waals surface area contributed by atoms with Crippen LogP contribution in [0.3, 0.4) is 0 Å². The molecule has 0 radical (unpaired) electrons. The lowest BCUT2D eigenvalue weighted by Crippen LogP contribution is -2.42. The molecule has 1 aliphatic rings. The maximum Gasteiger partial charge on any atom is 0.235 e. The van der Waals surface area contributed by atoms with Gasteiger partial charge >= 0.3 is 0 Å². The molecule has 1 unspecified atom stereocenters. The van der Waals surface area contributed by atoms with E-state index in [0.29, 0.717) is 6.54 Å². The third kappa shape index (κ3) is 5.77. The van der Waals surface area contributed by atoms with E-state index >= 15 is 0 Å². The average molecular weight is 420 g/mol. The van der Waals surface area contributed by atoms with Crippen LogP contribution in [0.25, 0.3) is 0 Å². The van der Waals surface area contributed by atoms with Crippen LogP contribution in [-0.4, -0.2) is 35.4 Å². The fraction of sp³-hybridized carbons (Fsp3) is 0.360. The summed E-state index contributed by atoms with van der Waals surface area (Å²) in [7, 11) is 0. The smallest absolute Gasteiger partial charge is 0.235 e. The molecule has 2 aromatic carbocycles. The molecule has 1 amide bonds. The van der Waals surface area contributed by atoms with Gasteiger partial charge in [-0.2, -0.15) is 0 Å². The molecule has 0 aliphatic carbocycles. The van der Waals surface area contributed by atoms with Gasteiger partial charge < -0.3 is 5.32 Å². The minimum atomic E-state index is -0.179. The van der Waals surface area contributed by atoms with E-state index in [1.54, 1.807) is 17.5 Å². The Morgan fingerprint density at radius 2 is 1.77 bits per heavy atom. The first-order chi connectivity index (χ1) is 14.8. The Morgan fingerprint density at radius 1 is 1.07 bits per heavy atom. The molecule has 0 saturated carbocycles. The van der Waals surface area contributed by atoms with E-state index < -0.39 is 0 Å². The number of carbonyl (C=O) groups is 1. The van der Waals surface area contributed by atoms with E-state index in [4.69, 9.17) is 0 Å². The molecule has 156 valence electrons. The molecule has 1 aliphatic heterocycles. The van der Waals surface area contributed by atoms with Gasteiger partial charge in [-0.3, -0.25) is 9.69 Å². The number of amides is 1. The third-order valence-electron chi connectivity index (χ3n) is 5.90. The summed E-state index contributed by atoms with van der Waals surface area (Å²) >= 11 is 1.58. The Kier molecular flexibility index (Phi) is 7.27. The molecule has 4 nitrogen and oxygen atoms in total. The molecular weight excluding hydrogens is 390 g/mol. The molecule has 0 spiro atoms. The largest absolute Gasteiger partial charge is 0.342 e. The van der Waals surface area contributed by atoms with Crippen molar-refractivity contribution >= 4 is 17.2 Å². The Hall–Kier alpha value is -2.50. The maximum absolute atomic E-state index is 12.8. The van der Waals surface area contributed by atoms with Crippen LogP contribution in [0.5, 0.6) is 0 Å². The van der Waals surface area contributed by atoms with Crippen LogP contribution in [0.2, 0.25) is 0 Å². The van der Waals surface area contributed by atoms with E-state index in [2.05, 4.69) is 45.5 Å². The number of nitrogens with one attached hydrogen (secondary N) is 1. The van der Waals surface area contributed by atoms with Crippen molar-refractivity contribution in [1.82, 2.24) is 15.2 Å². The number of carbonyl (C=O) groups excluding carboxylic acids is 1. The van der Waals surface area contributed by atoms with Crippen molar-refractivity contribution in [2.75, 3.05) is 19.6 Å². The number of thiazole rings is 1. The van der Waals surface area contributed by atoms with Crippen molar-refractivity contribution in [2.45, 2.75) is 31.7 Å². The predicted molar refractivity (Wildman–Crippen MR) is 122 cm³/mol. The molecule has 1 fully saturated rings. The molecular formula is C25H29N3OS. The normalized spacial score (nSPS) is 16.3. The number of aryl methyl sites for hydroxylation is 1. The number of rotatable bonds is 8. The summed E-state index contributed by atoms with van der Waals surface area (Å²) in [5, 5.41) is 6.09. The molecule has 2 heterocycles. The van der Waals surface area contributed by atoms with Crippen LogP contribution >= 0.6 is 11.3 Å². The Bertz CT molecular complexity index is 891. The summed E-state index contributed by atoms with van der Waals surface area (Å²) in [6.07, 6.45) is 6.54. The topological polar surface area (TPSA) is 45.2 Å². The van der Waals surface area contributed by atoms with Crippen molar-refractivity contribution in [3.63, 3.8) is 0 Å². The number of hydrogen-bond donors (Lipinski definition) is 1. The van der Waals surface area contributed by atoms with Crippen LogP contribution in [0.15, 0.2) is 72.2 Å². The molecule has 0 bridgehead atoms. The Labute approximate surface area is 183 Å². The van der Waals surface area contributed by atoms with Crippen LogP contribution in [0.4, 0.5) is 0 Å². The maximum atomic E-state index is 12.8. The lowest BCUT2D eigenvalue weighted by Gasteiger charge is -2.32. The Morgan fingerprint density at radius 3 is 2.43 bits per heavy atom. The Balaban J connectivity index is 1.26. The minimum Gasteiger partial charge on any atom is -0.342 e. The van der Waals surface area contributed by atoms with Gasteiger partial charge in [-0.15, -0.1) is 11.3 Å². The number of likely N-dealkylation sites (tertiary alicyclic amines) is 1. The number of hydrogen-bond acceptors (Lipinski definition) is 4. The van der Waals surface area contributed by atoms with E-state index in [0.717, 1.165) is 36.0 Å². The fourth-order valence-electron chi connectivity index (χ4n) is 4.17. The first-order valence-electron chi connectivity index (χ1n) is 10.8. The second kappa shape index (κ2) is 10.5. The lowest BCUT2D eigenvalue weighted by molar-refractivity contribution is -0.123. The summed E-state index contributed by atoms with van der Waals surface area (Å²) in [6, 6.07) is 20.6. The van der Waals surface area contributed by atoms with Crippen molar-refractivity contribution in [2.24, 2.45) is 5.92 Å². The van der Waals surface area contributed by atoms with Gasteiger partial charge in [0.2, 0.25) is 5.91 Å². The number of nitrogens with zero attached hydrogens (tertiary/aromatic N) is 2. The first kappa shape index (κ1) is 20.8. The van der Waals surface area contributed by atoms with Crippen molar-refractivity contribution in [1.29, 1.82) is 0 Å². The number of piperidine rings is 1. The van der Waals surface area contributed by atoms with E-state index in [-0.39, 0.29) is 11.9 Å². The van der Waals surface area contributed by atoms with Crippen molar-refractivity contribution in [3.05, 3.63) is 88.4 Å². The highest BCUT2D eigenvalue weighted by Gasteiger charge is 2.23. The van der Waals surface area contributed by atoms with Gasteiger partial charge in [0.25, 0.3) is 0 Å². The quantitative estimate of drug-likeness (QED) is 0.576. The van der Waals surface area contributed by atoms with Gasteiger partial charge in [0.05, 0.1) is 6.54 Å². The highest BCUT2D eigenvalue weighted by molar-refractivity contribution is 7.09. The second-order valence-electron chi connectivity index (χ2n) is 8.03. The van der Waals surface area contributed by atoms with E-state index in [9.17, 15) is 4.79 Å². The SMILES string of the molecule is O=C(CN1CCC(CCc2ccccc2)CC1)NC(c1ccccc1)c1nccs1. The monoisotopic (exact) mass is 419 g/mol. The van der Waals surface area contributed by atoms with E-state index in [1.807, 2.05) is 35.7 Å². The van der Waals surface area contributed by atoms with E-state index in [1.165, 1.54) is 24.8 Å². The van der Waals surface area contributed by atoms with Gasteiger partial charge in [-0.05, 0) is 55.8 Å². The van der Waals surface area contributed by atoms with Gasteiger partial charge in [0.15, 0.2) is 0 Å². The zero-order valence-corrected chi connectivity index (χ0v) is 18.1. The van der Waals surface area contributed by atoms with Gasteiger partial charge in [-0.25, -0.2) is 4.98 Å². The molecule has 4 rings (SSSR count). The summed E-state index contributed by atoms with van der Waals surface area (Å²) in [6.45, 7) is 2.46. The number of benzene rings is 2.